The van der Waals surface area contributed by atoms with Crippen molar-refractivity contribution in [1.82, 2.24) is 9.55 Å². The van der Waals surface area contributed by atoms with E-state index in [2.05, 4.69) is 8.83 Å². The second-order valence-electron chi connectivity index (χ2n) is 5.16. The van der Waals surface area contributed by atoms with E-state index in [-0.39, 0.29) is 0 Å². The van der Waals surface area contributed by atoms with Crippen LogP contribution in [0.3, 0.4) is 0 Å². The number of H-pyrrole nitrogens is 1. The maximum atomic E-state index is 11.7. The Morgan fingerprint density at radius 1 is 1.32 bits per heavy atom. The molecule has 6 atom stereocenters. The Morgan fingerprint density at radius 2 is 1.96 bits per heavy atom. The van der Waals surface area contributed by atoms with Crippen molar-refractivity contribution >= 4 is 15.4 Å². The summed E-state index contributed by atoms with van der Waals surface area (Å²) in [7, 11) is -9.86. The molecule has 1 aliphatic rings. The SMILES string of the molecule is CP(=O)([O-])OP(=O)([O-])OCC1OC(n2ccc(=O)[nH]c2=O)C(O)C1O. The Kier molecular flexibility index (Phi) is 5.84. The van der Waals surface area contributed by atoms with Gasteiger partial charge in [0.15, 0.2) is 6.23 Å². The van der Waals surface area contributed by atoms with E-state index in [9.17, 15) is 38.7 Å². The molecule has 1 fully saturated rings. The molecule has 1 aromatic heterocycles. The number of nitrogens with zero attached hydrogens (tertiary/aromatic N) is 1. The lowest BCUT2D eigenvalue weighted by Gasteiger charge is -2.29. The summed E-state index contributed by atoms with van der Waals surface area (Å²) in [5, 5.41) is 19.8. The molecule has 2 heterocycles. The number of aromatic nitrogens is 2. The molecule has 3 N–H and O–H groups in total. The highest BCUT2D eigenvalue weighted by molar-refractivity contribution is 7.62. The van der Waals surface area contributed by atoms with Crippen LogP contribution in [-0.4, -0.2) is 51.3 Å². The minimum absolute atomic E-state index is 0.518. The molecule has 0 aliphatic carbocycles. The van der Waals surface area contributed by atoms with Gasteiger partial charge >= 0.3 is 5.69 Å². The number of phosphoric acid groups is 1. The summed E-state index contributed by atoms with van der Waals surface area (Å²) in [6.45, 7) is -0.363. The Labute approximate surface area is 139 Å². The molecule has 0 radical (unpaired) electrons. The number of ether oxygens (including phenoxy) is 1. The fourth-order valence-corrected chi connectivity index (χ4v) is 4.07. The van der Waals surface area contributed by atoms with Crippen LogP contribution in [0.15, 0.2) is 21.9 Å². The van der Waals surface area contributed by atoms with Gasteiger partial charge in [0, 0.05) is 18.9 Å². The van der Waals surface area contributed by atoms with Crippen molar-refractivity contribution in [3.63, 3.8) is 0 Å². The molecule has 0 saturated carbocycles. The third kappa shape index (κ3) is 5.17. The summed E-state index contributed by atoms with van der Waals surface area (Å²) >= 11 is 0. The Hall–Kier alpha value is -1.14. The van der Waals surface area contributed by atoms with Crippen molar-refractivity contribution in [2.75, 3.05) is 13.3 Å². The summed E-state index contributed by atoms with van der Waals surface area (Å²) in [6.07, 6.45) is -5.16. The van der Waals surface area contributed by atoms with E-state index in [1.54, 1.807) is 0 Å². The second-order valence-corrected chi connectivity index (χ2v) is 8.51. The fraction of sp³-hybridized carbons (Fsp3) is 0.600. The van der Waals surface area contributed by atoms with Gasteiger partial charge < -0.3 is 33.8 Å². The summed E-state index contributed by atoms with van der Waals surface area (Å²) in [4.78, 5) is 46.8. The Bertz CT molecular complexity index is 829. The van der Waals surface area contributed by atoms with E-state index in [1.165, 1.54) is 0 Å². The molecule has 6 unspecified atom stereocenters. The molecule has 1 saturated heterocycles. The van der Waals surface area contributed by atoms with Gasteiger partial charge in [-0.1, -0.05) is 0 Å². The van der Waals surface area contributed by atoms with Crippen LogP contribution in [0.25, 0.3) is 0 Å². The average Bonchev–Trinajstić information content (AvgIpc) is 2.71. The largest absolute Gasteiger partial charge is 0.778 e. The number of phosphoric ester groups is 1. The fourth-order valence-electron chi connectivity index (χ4n) is 2.09. The van der Waals surface area contributed by atoms with E-state index in [1.807, 2.05) is 4.98 Å². The summed E-state index contributed by atoms with van der Waals surface area (Å²) in [5.74, 6) is 0. The van der Waals surface area contributed by atoms with Crippen LogP contribution in [0.1, 0.15) is 6.23 Å². The molecule has 142 valence electrons. The van der Waals surface area contributed by atoms with Gasteiger partial charge in [-0.25, -0.2) is 4.79 Å². The third-order valence-electron chi connectivity index (χ3n) is 3.11. The average molecular weight is 400 g/mol. The number of aliphatic hydroxyl groups is 2. The molecule has 0 bridgehead atoms. The Morgan fingerprint density at radius 3 is 2.52 bits per heavy atom. The lowest BCUT2D eigenvalue weighted by Crippen LogP contribution is -2.37. The van der Waals surface area contributed by atoms with Crippen LogP contribution in [0.5, 0.6) is 0 Å². The maximum Gasteiger partial charge on any atom is 0.330 e. The van der Waals surface area contributed by atoms with Crippen LogP contribution in [0.2, 0.25) is 0 Å². The highest BCUT2D eigenvalue weighted by atomic mass is 31.3. The van der Waals surface area contributed by atoms with Gasteiger partial charge in [-0.3, -0.25) is 23.2 Å². The first kappa shape index (κ1) is 20.2. The second kappa shape index (κ2) is 7.23. The lowest BCUT2D eigenvalue weighted by atomic mass is 10.1. The first-order valence-electron chi connectivity index (χ1n) is 6.68. The quantitative estimate of drug-likeness (QED) is 0.407. The zero-order valence-electron chi connectivity index (χ0n) is 12.6. The van der Waals surface area contributed by atoms with Gasteiger partial charge in [0.05, 0.1) is 6.61 Å². The van der Waals surface area contributed by atoms with E-state index in [0.29, 0.717) is 6.66 Å². The summed E-state index contributed by atoms with van der Waals surface area (Å²) in [6, 6.07) is 0.973. The molecule has 0 amide bonds. The summed E-state index contributed by atoms with van der Waals surface area (Å²) in [5.41, 5.74) is -1.62. The van der Waals surface area contributed by atoms with Crippen molar-refractivity contribution < 1.29 is 42.7 Å². The molecule has 0 aromatic carbocycles. The molecule has 13 nitrogen and oxygen atoms in total. The van der Waals surface area contributed by atoms with Gasteiger partial charge in [-0.05, 0) is 0 Å². The van der Waals surface area contributed by atoms with E-state index in [4.69, 9.17) is 4.74 Å². The smallest absolute Gasteiger partial charge is 0.330 e. The zero-order valence-corrected chi connectivity index (χ0v) is 14.4. The molecule has 2 rings (SSSR count). The molecular formula is C10H14N2O11P2-2. The first-order chi connectivity index (χ1) is 11.4. The zero-order chi connectivity index (χ0) is 19.0. The van der Waals surface area contributed by atoms with E-state index >= 15 is 0 Å². The highest BCUT2D eigenvalue weighted by Gasteiger charge is 2.44. The van der Waals surface area contributed by atoms with Crippen LogP contribution in [0, 0.1) is 0 Å². The number of hydrogen-bond donors (Lipinski definition) is 3. The topological polar surface area (TPSA) is 203 Å². The van der Waals surface area contributed by atoms with E-state index in [0.717, 1.165) is 16.8 Å². The van der Waals surface area contributed by atoms with Gasteiger partial charge in [0.2, 0.25) is 0 Å². The summed E-state index contributed by atoms with van der Waals surface area (Å²) < 4.78 is 36.2. The van der Waals surface area contributed by atoms with Crippen molar-refractivity contribution in [3.8, 4) is 0 Å². The van der Waals surface area contributed by atoms with Crippen molar-refractivity contribution in [2.45, 2.75) is 24.5 Å². The number of rotatable bonds is 6. The van der Waals surface area contributed by atoms with Crippen molar-refractivity contribution in [3.05, 3.63) is 33.1 Å². The highest BCUT2D eigenvalue weighted by Crippen LogP contribution is 2.53. The maximum absolute atomic E-state index is 11.7. The minimum Gasteiger partial charge on any atom is -0.778 e. The molecule has 15 heteroatoms. The molecular weight excluding hydrogens is 386 g/mol. The number of aromatic amines is 1. The molecule has 0 spiro atoms. The normalized spacial score (nSPS) is 31.4. The lowest BCUT2D eigenvalue weighted by molar-refractivity contribution is -0.233. The number of aliphatic hydroxyl groups excluding tert-OH is 2. The van der Waals surface area contributed by atoms with E-state index < -0.39 is 57.8 Å². The van der Waals surface area contributed by atoms with Gasteiger partial charge in [-0.15, -0.1) is 0 Å². The van der Waals surface area contributed by atoms with Crippen LogP contribution in [-0.2, 0) is 22.7 Å². The van der Waals surface area contributed by atoms with Crippen LogP contribution in [0.4, 0.5) is 0 Å². The van der Waals surface area contributed by atoms with Gasteiger partial charge in [-0.2, -0.15) is 0 Å². The first-order valence-corrected chi connectivity index (χ1v) is 10.1. The van der Waals surface area contributed by atoms with Crippen molar-refractivity contribution in [2.24, 2.45) is 0 Å². The molecule has 1 aliphatic heterocycles. The predicted octanol–water partition coefficient (Wildman–Crippen LogP) is -3.16. The number of hydrogen-bond acceptors (Lipinski definition) is 11. The molecule has 1 aromatic rings. The standard InChI is InChI=1S/C10H16N2O11P2/c1-24(17,18)23-25(19,20)21-4-5-7(14)8(15)9(22-5)12-3-2-6(13)11-10(12)16/h2-3,5,7-9,14-15H,4H2,1H3,(H,17,18)(H,19,20)(H,11,13,16)/p-2. The third-order valence-corrected chi connectivity index (χ3v) is 5.56. The monoisotopic (exact) mass is 400 g/mol. The van der Waals surface area contributed by atoms with Gasteiger partial charge in [0.25, 0.3) is 13.4 Å². The predicted molar refractivity (Wildman–Crippen MR) is 75.4 cm³/mol. The Balaban J connectivity index is 2.09. The minimum atomic E-state index is -5.23. The van der Waals surface area contributed by atoms with Gasteiger partial charge in [0.1, 0.15) is 25.9 Å². The molecule has 25 heavy (non-hydrogen) atoms. The van der Waals surface area contributed by atoms with Crippen LogP contribution < -0.4 is 21.0 Å². The number of nitrogens with one attached hydrogen (secondary N) is 1. The van der Waals surface area contributed by atoms with Crippen LogP contribution >= 0.6 is 15.4 Å². The van der Waals surface area contributed by atoms with Crippen molar-refractivity contribution in [1.29, 1.82) is 0 Å².